The minimum absolute atomic E-state index is 0.0602. The molecule has 1 aromatic heterocycles. The van der Waals surface area contributed by atoms with Crippen molar-refractivity contribution in [3.05, 3.63) is 56.0 Å². The molecule has 2 aromatic rings. The second kappa shape index (κ2) is 9.88. The number of nitrogens with two attached hydrogens (primary N) is 1. The Bertz CT molecular complexity index is 1130. The lowest BCUT2D eigenvalue weighted by molar-refractivity contribution is 0.0924. The average molecular weight is 447 g/mol. The van der Waals surface area contributed by atoms with Gasteiger partial charge in [-0.3, -0.25) is 28.8 Å². The summed E-state index contributed by atoms with van der Waals surface area (Å²) in [5.74, 6) is -1.37. The van der Waals surface area contributed by atoms with Crippen LogP contribution in [-0.4, -0.2) is 72.5 Å². The lowest BCUT2D eigenvalue weighted by Gasteiger charge is -2.36. The molecule has 0 bridgehead atoms. The van der Waals surface area contributed by atoms with Gasteiger partial charge >= 0.3 is 5.69 Å². The predicted molar refractivity (Wildman–Crippen MR) is 117 cm³/mol. The van der Waals surface area contributed by atoms with Crippen LogP contribution in [0.15, 0.2) is 27.8 Å². The minimum atomic E-state index is -0.822. The van der Waals surface area contributed by atoms with Gasteiger partial charge in [0, 0.05) is 38.9 Å². The van der Waals surface area contributed by atoms with E-state index in [1.54, 1.807) is 12.1 Å². The molecule has 32 heavy (non-hydrogen) atoms. The Balaban J connectivity index is 1.68. The molecule has 0 spiro atoms. The molecule has 1 aliphatic heterocycles. The zero-order valence-electron chi connectivity index (χ0n) is 18.0. The van der Waals surface area contributed by atoms with Crippen molar-refractivity contribution in [3.8, 4) is 0 Å². The van der Waals surface area contributed by atoms with Crippen LogP contribution in [0.5, 0.6) is 0 Å². The summed E-state index contributed by atoms with van der Waals surface area (Å²) >= 11 is 0. The number of anilines is 2. The number of hydrogen-bond donors (Lipinski definition) is 2. The number of rotatable bonds is 8. The second-order valence-electron chi connectivity index (χ2n) is 7.57. The summed E-state index contributed by atoms with van der Waals surface area (Å²) in [4.78, 5) is 54.2. The van der Waals surface area contributed by atoms with Crippen molar-refractivity contribution in [2.24, 2.45) is 0 Å². The van der Waals surface area contributed by atoms with Crippen LogP contribution in [0.2, 0.25) is 0 Å². The molecule has 3 N–H and O–H groups in total. The Labute approximate surface area is 183 Å². The van der Waals surface area contributed by atoms with Crippen molar-refractivity contribution in [3.63, 3.8) is 0 Å². The summed E-state index contributed by atoms with van der Waals surface area (Å²) in [6, 6.07) is 4.39. The largest absolute Gasteiger partial charge is 0.384 e. The fraction of sp³-hybridized carbons (Fsp3) is 0.429. The normalized spacial score (nSPS) is 14.5. The highest BCUT2D eigenvalue weighted by Crippen LogP contribution is 2.22. The fourth-order valence-corrected chi connectivity index (χ4v) is 3.67. The molecule has 0 unspecified atom stereocenters. The number of Topliss-reactive ketones (excluding diaryl/α,β-unsaturated/α-hetero) is 2. The van der Waals surface area contributed by atoms with Crippen molar-refractivity contribution in [1.82, 2.24) is 14.5 Å². The molecule has 0 atom stereocenters. The van der Waals surface area contributed by atoms with Gasteiger partial charge in [-0.15, -0.1) is 0 Å². The topological polar surface area (TPSA) is 131 Å². The third kappa shape index (κ3) is 4.94. The molecule has 0 aliphatic carbocycles. The highest BCUT2D eigenvalue weighted by Gasteiger charge is 2.25. The van der Waals surface area contributed by atoms with Crippen LogP contribution in [0, 0.1) is 5.82 Å². The number of hydrogen-bond acceptors (Lipinski definition) is 8. The van der Waals surface area contributed by atoms with Crippen LogP contribution < -0.4 is 21.9 Å². The summed E-state index contributed by atoms with van der Waals surface area (Å²) in [5.41, 5.74) is 4.88. The number of piperazine rings is 1. The SMILES string of the molecule is COCCn1c(N)c(C(=O)CN2CCN(c3ccc(C(C)=O)cc3F)CC2)c(=O)[nH]c1=O. The number of carbonyl (C=O) groups excluding carboxylic acids is 2. The van der Waals surface area contributed by atoms with E-state index in [-0.39, 0.29) is 36.9 Å². The molecule has 11 heteroatoms. The smallest absolute Gasteiger partial charge is 0.330 e. The van der Waals surface area contributed by atoms with Crippen LogP contribution in [-0.2, 0) is 11.3 Å². The molecule has 1 aromatic carbocycles. The third-order valence-corrected chi connectivity index (χ3v) is 5.47. The number of H-pyrrole nitrogens is 1. The molecule has 0 saturated carbocycles. The van der Waals surface area contributed by atoms with Gasteiger partial charge in [0.1, 0.15) is 17.2 Å². The lowest BCUT2D eigenvalue weighted by Crippen LogP contribution is -2.49. The van der Waals surface area contributed by atoms with E-state index in [9.17, 15) is 23.6 Å². The third-order valence-electron chi connectivity index (χ3n) is 5.47. The molecule has 172 valence electrons. The van der Waals surface area contributed by atoms with Gasteiger partial charge in [-0.1, -0.05) is 0 Å². The molecule has 2 heterocycles. The molecular weight excluding hydrogens is 421 g/mol. The maximum atomic E-state index is 14.4. The maximum absolute atomic E-state index is 14.4. The van der Waals surface area contributed by atoms with Gasteiger partial charge in [0.25, 0.3) is 5.56 Å². The Morgan fingerprint density at radius 3 is 2.47 bits per heavy atom. The van der Waals surface area contributed by atoms with Gasteiger partial charge in [0.05, 0.1) is 25.4 Å². The van der Waals surface area contributed by atoms with Gasteiger partial charge in [0.2, 0.25) is 0 Å². The van der Waals surface area contributed by atoms with Crippen LogP contribution in [0.25, 0.3) is 0 Å². The van der Waals surface area contributed by atoms with E-state index < -0.39 is 22.8 Å². The van der Waals surface area contributed by atoms with Crippen molar-refractivity contribution in [1.29, 1.82) is 0 Å². The zero-order valence-corrected chi connectivity index (χ0v) is 18.0. The summed E-state index contributed by atoms with van der Waals surface area (Å²) in [5, 5.41) is 0. The van der Waals surface area contributed by atoms with E-state index in [2.05, 4.69) is 4.98 Å². The number of ketones is 2. The van der Waals surface area contributed by atoms with Gasteiger partial charge in [-0.2, -0.15) is 0 Å². The average Bonchev–Trinajstić information content (AvgIpc) is 2.74. The first-order valence-corrected chi connectivity index (χ1v) is 10.2. The fourth-order valence-electron chi connectivity index (χ4n) is 3.67. The zero-order chi connectivity index (χ0) is 23.4. The van der Waals surface area contributed by atoms with Crippen LogP contribution in [0.4, 0.5) is 15.9 Å². The molecule has 0 amide bonds. The van der Waals surface area contributed by atoms with E-state index in [4.69, 9.17) is 10.5 Å². The monoisotopic (exact) mass is 447 g/mol. The summed E-state index contributed by atoms with van der Waals surface area (Å²) in [7, 11) is 1.46. The Morgan fingerprint density at radius 1 is 1.19 bits per heavy atom. The number of halogens is 1. The molecular formula is C21H26FN5O5. The van der Waals surface area contributed by atoms with Crippen molar-refractivity contribution < 1.29 is 18.7 Å². The molecule has 1 fully saturated rings. The quantitative estimate of drug-likeness (QED) is 0.546. The molecule has 1 saturated heterocycles. The first kappa shape index (κ1) is 23.4. The maximum Gasteiger partial charge on any atom is 0.330 e. The van der Waals surface area contributed by atoms with Gasteiger partial charge in [-0.05, 0) is 25.1 Å². The first-order valence-electron chi connectivity index (χ1n) is 10.2. The minimum Gasteiger partial charge on any atom is -0.384 e. The number of ether oxygens (including phenoxy) is 1. The number of benzene rings is 1. The Hall–Kier alpha value is -3.31. The Kier molecular flexibility index (Phi) is 7.21. The number of aromatic amines is 1. The Morgan fingerprint density at radius 2 is 1.88 bits per heavy atom. The van der Waals surface area contributed by atoms with E-state index in [1.165, 1.54) is 20.1 Å². The predicted octanol–water partition coefficient (Wildman–Crippen LogP) is 0.112. The first-order chi connectivity index (χ1) is 15.2. The summed E-state index contributed by atoms with van der Waals surface area (Å²) in [6.07, 6.45) is 0. The number of nitrogens with one attached hydrogen (secondary N) is 1. The van der Waals surface area contributed by atoms with Gasteiger partial charge in [-0.25, -0.2) is 9.18 Å². The number of methoxy groups -OCH3 is 1. The van der Waals surface area contributed by atoms with Gasteiger partial charge < -0.3 is 15.4 Å². The summed E-state index contributed by atoms with van der Waals surface area (Å²) in [6.45, 7) is 3.45. The van der Waals surface area contributed by atoms with E-state index in [0.29, 0.717) is 37.4 Å². The highest BCUT2D eigenvalue weighted by atomic mass is 19.1. The van der Waals surface area contributed by atoms with Crippen molar-refractivity contribution >= 4 is 23.1 Å². The molecule has 3 rings (SSSR count). The van der Waals surface area contributed by atoms with Crippen LogP contribution >= 0.6 is 0 Å². The van der Waals surface area contributed by atoms with Crippen molar-refractivity contribution in [2.75, 3.05) is 57.1 Å². The number of nitrogen functional groups attached to an aromatic ring is 1. The van der Waals surface area contributed by atoms with Crippen LogP contribution in [0.1, 0.15) is 27.6 Å². The lowest BCUT2D eigenvalue weighted by atomic mass is 10.1. The van der Waals surface area contributed by atoms with E-state index in [0.717, 1.165) is 4.57 Å². The van der Waals surface area contributed by atoms with Crippen LogP contribution in [0.3, 0.4) is 0 Å². The summed E-state index contributed by atoms with van der Waals surface area (Å²) < 4.78 is 20.5. The van der Waals surface area contributed by atoms with E-state index in [1.807, 2.05) is 9.80 Å². The molecule has 10 nitrogen and oxygen atoms in total. The number of nitrogens with zero attached hydrogens (tertiary/aromatic N) is 3. The number of aromatic nitrogens is 2. The standard InChI is InChI=1S/C21H26FN5O5/c1-13(28)14-3-4-16(15(22)11-14)26-7-5-25(6-8-26)12-17(29)18-19(23)27(9-10-32-2)21(31)24-20(18)30/h3-4,11H,5-10,12,23H2,1-2H3,(H,24,30,31). The number of carbonyl (C=O) groups is 2. The van der Waals surface area contributed by atoms with Crippen molar-refractivity contribution in [2.45, 2.75) is 13.5 Å². The van der Waals surface area contributed by atoms with E-state index >= 15 is 0 Å². The van der Waals surface area contributed by atoms with Gasteiger partial charge in [0.15, 0.2) is 11.6 Å². The highest BCUT2D eigenvalue weighted by molar-refractivity contribution is 6.01. The molecule has 1 aliphatic rings. The molecule has 0 radical (unpaired) electrons. The second-order valence-corrected chi connectivity index (χ2v) is 7.57.